The Kier molecular flexibility index (Phi) is 8.61. The Bertz CT molecular complexity index is 1810. The molecule has 3 N–H and O–H groups in total. The number of hydrogen-bond acceptors (Lipinski definition) is 6. The van der Waals surface area contributed by atoms with Crippen LogP contribution >= 0.6 is 0 Å². The number of nitrogens with two attached hydrogens (primary N) is 1. The first kappa shape index (κ1) is 31.7. The molecule has 0 amide bonds. The number of carbonyl (C=O) groups is 1. The van der Waals surface area contributed by atoms with Gasteiger partial charge in [-0.15, -0.1) is 0 Å². The summed E-state index contributed by atoms with van der Waals surface area (Å²) in [6, 6.07) is 17.4. The normalized spacial score (nSPS) is 15.5. The first-order valence-electron chi connectivity index (χ1n) is 15.9. The molecule has 0 aliphatic carbocycles. The van der Waals surface area contributed by atoms with Crippen LogP contribution in [0, 0.1) is 19.7 Å². The summed E-state index contributed by atoms with van der Waals surface area (Å²) in [6.07, 6.45) is 1.38. The van der Waals surface area contributed by atoms with Crippen molar-refractivity contribution in [1.82, 2.24) is 9.88 Å². The van der Waals surface area contributed by atoms with Gasteiger partial charge < -0.3 is 20.3 Å². The lowest BCUT2D eigenvalue weighted by Gasteiger charge is -2.31. The number of anilines is 1. The standard InChI is InChI=1S/C38H42FN3O4/c1-22-17-30(39)12-10-28(22)20-42-15-14-24-18-27(8-9-29(24)21-42)34-33(26-11-13-31-25(19-26)7-6-16-45-31)32(23(2)41-36(34)40)35(37(43)44)46-38(3,4)5/h8-13,17-19,35H,6-7,14-16,20-21H2,1-5H3,(H2,40,41)(H,43,44). The summed E-state index contributed by atoms with van der Waals surface area (Å²) in [5.74, 6) is -0.102. The molecule has 0 spiro atoms. The Balaban J connectivity index is 1.46. The number of nitrogens with zero attached hydrogens (tertiary/aromatic N) is 2. The molecule has 2 aliphatic heterocycles. The molecule has 1 aromatic heterocycles. The quantitative estimate of drug-likeness (QED) is 0.219. The topological polar surface area (TPSA) is 97.9 Å². The van der Waals surface area contributed by atoms with Gasteiger partial charge in [0.1, 0.15) is 17.4 Å². The highest BCUT2D eigenvalue weighted by atomic mass is 19.1. The number of fused-ring (bicyclic) bond motifs is 2. The maximum Gasteiger partial charge on any atom is 0.337 e. The van der Waals surface area contributed by atoms with E-state index in [1.54, 1.807) is 13.0 Å². The van der Waals surface area contributed by atoms with Gasteiger partial charge in [-0.05, 0) is 117 Å². The minimum absolute atomic E-state index is 0.214. The third-order valence-corrected chi connectivity index (χ3v) is 8.89. The zero-order chi connectivity index (χ0) is 32.7. The van der Waals surface area contributed by atoms with E-state index in [2.05, 4.69) is 29.2 Å². The summed E-state index contributed by atoms with van der Waals surface area (Å²) in [4.78, 5) is 19.9. The molecule has 0 bridgehead atoms. The van der Waals surface area contributed by atoms with E-state index in [1.807, 2.05) is 45.9 Å². The lowest BCUT2D eigenvalue weighted by atomic mass is 9.85. The van der Waals surface area contributed by atoms with Crippen LogP contribution in [0.4, 0.5) is 10.2 Å². The second-order valence-corrected chi connectivity index (χ2v) is 13.5. The molecule has 46 heavy (non-hydrogen) atoms. The molecule has 8 heteroatoms. The number of carboxylic acid groups (broad SMARTS) is 1. The molecule has 0 radical (unpaired) electrons. The molecule has 1 unspecified atom stereocenters. The van der Waals surface area contributed by atoms with Gasteiger partial charge >= 0.3 is 5.97 Å². The van der Waals surface area contributed by atoms with Crippen molar-refractivity contribution in [3.63, 3.8) is 0 Å². The molecule has 4 aromatic rings. The van der Waals surface area contributed by atoms with Crippen molar-refractivity contribution in [2.75, 3.05) is 18.9 Å². The van der Waals surface area contributed by atoms with Crippen LogP contribution in [0.2, 0.25) is 0 Å². The summed E-state index contributed by atoms with van der Waals surface area (Å²) < 4.78 is 25.8. The number of pyridine rings is 1. The van der Waals surface area contributed by atoms with Gasteiger partial charge in [-0.1, -0.05) is 30.3 Å². The van der Waals surface area contributed by atoms with Gasteiger partial charge in [-0.2, -0.15) is 0 Å². The van der Waals surface area contributed by atoms with E-state index in [-0.39, 0.29) is 5.82 Å². The summed E-state index contributed by atoms with van der Waals surface area (Å²) in [5.41, 5.74) is 15.8. The third kappa shape index (κ3) is 6.50. The van der Waals surface area contributed by atoms with E-state index in [0.717, 1.165) is 78.0 Å². The van der Waals surface area contributed by atoms with Gasteiger partial charge in [0, 0.05) is 42.0 Å². The van der Waals surface area contributed by atoms with Gasteiger partial charge in [-0.25, -0.2) is 14.2 Å². The number of benzene rings is 3. The number of aromatic nitrogens is 1. The van der Waals surface area contributed by atoms with Crippen molar-refractivity contribution in [2.24, 2.45) is 0 Å². The Labute approximate surface area is 270 Å². The lowest BCUT2D eigenvalue weighted by Crippen LogP contribution is -2.30. The fraction of sp³-hybridized carbons (Fsp3) is 0.368. The Morgan fingerprint density at radius 1 is 1.02 bits per heavy atom. The molecule has 0 saturated heterocycles. The second kappa shape index (κ2) is 12.5. The summed E-state index contributed by atoms with van der Waals surface area (Å²) >= 11 is 0. The van der Waals surface area contributed by atoms with Crippen molar-refractivity contribution in [2.45, 2.75) is 78.7 Å². The number of halogens is 1. The van der Waals surface area contributed by atoms with Gasteiger partial charge in [0.2, 0.25) is 0 Å². The number of ether oxygens (including phenoxy) is 2. The molecule has 6 rings (SSSR count). The lowest BCUT2D eigenvalue weighted by molar-refractivity contribution is -0.160. The summed E-state index contributed by atoms with van der Waals surface area (Å²) in [5, 5.41) is 10.5. The van der Waals surface area contributed by atoms with Gasteiger partial charge in [-0.3, -0.25) is 4.90 Å². The molecule has 7 nitrogen and oxygen atoms in total. The average molecular weight is 624 g/mol. The molecule has 2 aliphatic rings. The van der Waals surface area contributed by atoms with Crippen molar-refractivity contribution in [3.05, 3.63) is 99.5 Å². The maximum atomic E-state index is 13.7. The predicted molar refractivity (Wildman–Crippen MR) is 178 cm³/mol. The fourth-order valence-electron chi connectivity index (χ4n) is 6.74. The van der Waals surface area contributed by atoms with Crippen molar-refractivity contribution in [3.8, 4) is 28.0 Å². The van der Waals surface area contributed by atoms with Gasteiger partial charge in [0.05, 0.1) is 12.2 Å². The highest BCUT2D eigenvalue weighted by molar-refractivity contribution is 5.95. The molecule has 3 heterocycles. The van der Waals surface area contributed by atoms with Crippen LogP contribution in [0.1, 0.15) is 72.4 Å². The number of aliphatic carboxylic acids is 1. The zero-order valence-corrected chi connectivity index (χ0v) is 27.2. The van der Waals surface area contributed by atoms with E-state index in [1.165, 1.54) is 17.2 Å². The minimum atomic E-state index is -1.25. The maximum absolute atomic E-state index is 13.7. The van der Waals surface area contributed by atoms with E-state index in [0.29, 0.717) is 29.2 Å². The number of hydrogen-bond donors (Lipinski definition) is 2. The Hall–Kier alpha value is -4.27. The highest BCUT2D eigenvalue weighted by Gasteiger charge is 2.34. The molecule has 3 aromatic carbocycles. The molecule has 0 fully saturated rings. The van der Waals surface area contributed by atoms with Crippen LogP contribution in [0.15, 0.2) is 54.6 Å². The smallest absolute Gasteiger partial charge is 0.337 e. The molecule has 1 atom stereocenters. The summed E-state index contributed by atoms with van der Waals surface area (Å²) in [7, 11) is 0. The Morgan fingerprint density at radius 3 is 2.50 bits per heavy atom. The van der Waals surface area contributed by atoms with Crippen LogP contribution in [0.3, 0.4) is 0 Å². The fourth-order valence-corrected chi connectivity index (χ4v) is 6.74. The number of rotatable bonds is 7. The largest absolute Gasteiger partial charge is 0.493 e. The molecular weight excluding hydrogens is 581 g/mol. The van der Waals surface area contributed by atoms with Crippen LogP contribution in [0.25, 0.3) is 22.3 Å². The van der Waals surface area contributed by atoms with Crippen LogP contribution in [0.5, 0.6) is 5.75 Å². The minimum Gasteiger partial charge on any atom is -0.493 e. The first-order chi connectivity index (χ1) is 21.9. The van der Waals surface area contributed by atoms with E-state index >= 15 is 0 Å². The van der Waals surface area contributed by atoms with Crippen LogP contribution in [-0.2, 0) is 35.5 Å². The van der Waals surface area contributed by atoms with E-state index in [4.69, 9.17) is 20.2 Å². The monoisotopic (exact) mass is 623 g/mol. The highest BCUT2D eigenvalue weighted by Crippen LogP contribution is 2.45. The van der Waals surface area contributed by atoms with Crippen LogP contribution < -0.4 is 10.5 Å². The second-order valence-electron chi connectivity index (χ2n) is 13.5. The average Bonchev–Trinajstić information content (AvgIpc) is 3.00. The van der Waals surface area contributed by atoms with Crippen LogP contribution in [-0.4, -0.2) is 39.7 Å². The Morgan fingerprint density at radius 2 is 1.76 bits per heavy atom. The predicted octanol–water partition coefficient (Wildman–Crippen LogP) is 7.58. The SMILES string of the molecule is Cc1cc(F)ccc1CN1CCc2cc(-c3c(N)nc(C)c(C(OC(C)(C)C)C(=O)O)c3-c3ccc4c(c3)CCCO4)ccc2C1. The van der Waals surface area contributed by atoms with Crippen molar-refractivity contribution >= 4 is 11.8 Å². The first-order valence-corrected chi connectivity index (χ1v) is 15.9. The number of nitrogen functional groups attached to an aromatic ring is 1. The molecule has 0 saturated carbocycles. The number of carboxylic acids is 1. The van der Waals surface area contributed by atoms with Crippen molar-refractivity contribution in [1.29, 1.82) is 0 Å². The van der Waals surface area contributed by atoms with Gasteiger partial charge in [0.15, 0.2) is 6.10 Å². The van der Waals surface area contributed by atoms with E-state index in [9.17, 15) is 14.3 Å². The van der Waals surface area contributed by atoms with Gasteiger partial charge in [0.25, 0.3) is 0 Å². The zero-order valence-electron chi connectivity index (χ0n) is 27.2. The van der Waals surface area contributed by atoms with E-state index < -0.39 is 17.7 Å². The molecular formula is C38H42FN3O4. The third-order valence-electron chi connectivity index (χ3n) is 8.89. The van der Waals surface area contributed by atoms with Crippen molar-refractivity contribution < 1.29 is 23.8 Å². The summed E-state index contributed by atoms with van der Waals surface area (Å²) in [6.45, 7) is 12.4. The number of aryl methyl sites for hydroxylation is 3. The molecule has 240 valence electrons.